The van der Waals surface area contributed by atoms with Crippen molar-refractivity contribution in [2.24, 2.45) is 50.1 Å². The van der Waals surface area contributed by atoms with Crippen LogP contribution in [0.25, 0.3) is 0 Å². The molecule has 2 rings (SSSR count). The lowest BCUT2D eigenvalue weighted by Crippen LogP contribution is -2.61. The number of aliphatic hydroxyl groups excluding tert-OH is 1. The number of likely N-dealkylation sites (tertiary alicyclic amines) is 2. The molecule has 27 heteroatoms. The zero-order valence-corrected chi connectivity index (χ0v) is 36.7. The average molecular weight is 925 g/mol. The standard InChI is InChI=1S/C38H68N16O11/c1-20(55)29(52-33(62)26-12-7-16-53(26)35(64)21(40)18-27(41)56)34(63)50-23(10-5-15-47-38(44)45)30(59)49-22(9-4-14-46-37(42)43)31(60)51-24(8-2-3-13-39)36(65)54-17-6-11-25(54)32(61)48-19-28(57)58/h20-26,29,55H,2-19,39-40H2,1H3,(H2,41,56)(H,48,61)(H,49,59)(H,50,63)(H,51,60)(H,52,62)(H,57,58)(H4,42,43,46)(H4,44,45,47)/t20-,21+,22+,23+,24+,25+,26+,29+/m1/s1. The summed E-state index contributed by atoms with van der Waals surface area (Å²) in [5.74, 6) is -8.07. The Labute approximate surface area is 376 Å². The highest BCUT2D eigenvalue weighted by atomic mass is 16.4. The molecule has 366 valence electrons. The summed E-state index contributed by atoms with van der Waals surface area (Å²) in [5, 5.41) is 32.3. The third-order valence-electron chi connectivity index (χ3n) is 10.6. The van der Waals surface area contributed by atoms with Gasteiger partial charge >= 0.3 is 5.97 Å². The van der Waals surface area contributed by atoms with Crippen LogP contribution in [0.15, 0.2) is 9.98 Å². The van der Waals surface area contributed by atoms with Crippen molar-refractivity contribution in [2.45, 2.75) is 132 Å². The maximum Gasteiger partial charge on any atom is 0.322 e. The van der Waals surface area contributed by atoms with Gasteiger partial charge in [0, 0.05) is 26.2 Å². The summed E-state index contributed by atoms with van der Waals surface area (Å²) in [6.07, 6.45) is 0.293. The Morgan fingerprint density at radius 1 is 0.662 bits per heavy atom. The van der Waals surface area contributed by atoms with Crippen LogP contribution >= 0.6 is 0 Å². The summed E-state index contributed by atoms with van der Waals surface area (Å²) in [4.78, 5) is 128. The number of aliphatic hydroxyl groups is 1. The molecule has 0 unspecified atom stereocenters. The fraction of sp³-hybridized carbons (Fsp3) is 0.711. The number of amides is 8. The number of primary amides is 1. The predicted octanol–water partition coefficient (Wildman–Crippen LogP) is -7.07. The summed E-state index contributed by atoms with van der Waals surface area (Å²) >= 11 is 0. The smallest absolute Gasteiger partial charge is 0.322 e. The summed E-state index contributed by atoms with van der Waals surface area (Å²) in [5.41, 5.74) is 38.6. The van der Waals surface area contributed by atoms with Gasteiger partial charge in [-0.3, -0.25) is 53.1 Å². The summed E-state index contributed by atoms with van der Waals surface area (Å²) in [6, 6.07) is -9.07. The molecule has 2 aliphatic heterocycles. The number of aliphatic imine (C=N–C) groups is 2. The minimum absolute atomic E-state index is 0.0167. The van der Waals surface area contributed by atoms with Crippen LogP contribution < -0.4 is 66.7 Å². The van der Waals surface area contributed by atoms with Crippen LogP contribution in [0.3, 0.4) is 0 Å². The fourth-order valence-corrected chi connectivity index (χ4v) is 7.36. The van der Waals surface area contributed by atoms with E-state index >= 15 is 0 Å². The lowest BCUT2D eigenvalue weighted by Gasteiger charge is -2.31. The molecule has 0 saturated carbocycles. The SMILES string of the molecule is C[C@@H](O)[C@H](NC(=O)[C@@H]1CCCN1C(=O)[C@@H](N)CC(N)=O)C(=O)N[C@@H](CCCN=C(N)N)C(=O)N[C@@H](CCCN=C(N)N)C(=O)N[C@@H](CCCCN)C(=O)N1CCC[C@H]1C(=O)NCC(=O)O. The average Bonchev–Trinajstić information content (AvgIpc) is 3.94. The minimum Gasteiger partial charge on any atom is -0.480 e. The number of hydrogen-bond donors (Lipinski definition) is 14. The Kier molecular flexibility index (Phi) is 23.4. The number of aliphatic carboxylic acids is 1. The molecule has 21 N–H and O–H groups in total. The van der Waals surface area contributed by atoms with Crippen molar-refractivity contribution < 1.29 is 53.4 Å². The van der Waals surface area contributed by atoms with Gasteiger partial charge in [0.15, 0.2) is 11.9 Å². The number of nitrogens with one attached hydrogen (secondary N) is 5. The van der Waals surface area contributed by atoms with Crippen molar-refractivity contribution in [1.82, 2.24) is 36.4 Å². The Morgan fingerprint density at radius 2 is 1.14 bits per heavy atom. The molecule has 0 bridgehead atoms. The molecule has 0 spiro atoms. The number of carboxylic acid groups (broad SMARTS) is 1. The molecule has 2 aliphatic rings. The van der Waals surface area contributed by atoms with E-state index in [1.54, 1.807) is 0 Å². The van der Waals surface area contributed by atoms with Crippen molar-refractivity contribution in [3.63, 3.8) is 0 Å². The number of rotatable bonds is 28. The van der Waals surface area contributed by atoms with Gasteiger partial charge in [0.2, 0.25) is 47.3 Å². The Morgan fingerprint density at radius 3 is 1.62 bits per heavy atom. The molecule has 0 aromatic rings. The summed E-state index contributed by atoms with van der Waals surface area (Å²) in [7, 11) is 0. The molecule has 2 heterocycles. The van der Waals surface area contributed by atoms with E-state index in [1.165, 1.54) is 11.8 Å². The van der Waals surface area contributed by atoms with Crippen LogP contribution in [-0.2, 0) is 43.2 Å². The minimum atomic E-state index is -1.66. The van der Waals surface area contributed by atoms with E-state index in [0.717, 1.165) is 4.90 Å². The number of nitrogens with zero attached hydrogens (tertiary/aromatic N) is 4. The fourth-order valence-electron chi connectivity index (χ4n) is 7.36. The van der Waals surface area contributed by atoms with Gasteiger partial charge in [0.1, 0.15) is 42.8 Å². The lowest BCUT2D eigenvalue weighted by atomic mass is 10.0. The molecule has 0 aromatic heterocycles. The number of unbranched alkanes of at least 4 members (excludes halogenated alkanes) is 1. The van der Waals surface area contributed by atoms with Gasteiger partial charge in [-0.05, 0) is 84.1 Å². The zero-order chi connectivity index (χ0) is 48.8. The molecule has 8 atom stereocenters. The highest BCUT2D eigenvalue weighted by Crippen LogP contribution is 2.21. The normalized spacial score (nSPS) is 18.4. The number of guanidine groups is 2. The van der Waals surface area contributed by atoms with E-state index in [-0.39, 0.29) is 89.6 Å². The van der Waals surface area contributed by atoms with Crippen molar-refractivity contribution in [3.05, 3.63) is 0 Å². The molecule has 65 heavy (non-hydrogen) atoms. The third-order valence-corrected chi connectivity index (χ3v) is 10.6. The van der Waals surface area contributed by atoms with Crippen LogP contribution in [0.1, 0.15) is 84.0 Å². The van der Waals surface area contributed by atoms with E-state index in [2.05, 4.69) is 36.6 Å². The van der Waals surface area contributed by atoms with Crippen LogP contribution in [0.2, 0.25) is 0 Å². The first-order valence-corrected chi connectivity index (χ1v) is 21.5. The van der Waals surface area contributed by atoms with Gasteiger partial charge in [-0.25, -0.2) is 0 Å². The van der Waals surface area contributed by atoms with Gasteiger partial charge in [-0.15, -0.1) is 0 Å². The van der Waals surface area contributed by atoms with Gasteiger partial charge < -0.3 is 86.7 Å². The summed E-state index contributed by atoms with van der Waals surface area (Å²) < 4.78 is 0. The molecule has 0 aliphatic carbocycles. The van der Waals surface area contributed by atoms with Gasteiger partial charge in [-0.1, -0.05) is 0 Å². The first kappa shape index (κ1) is 54.8. The second-order valence-electron chi connectivity index (χ2n) is 15.9. The van der Waals surface area contributed by atoms with E-state index in [1.807, 2.05) is 0 Å². The molecule has 0 aromatic carbocycles. The highest BCUT2D eigenvalue weighted by molar-refractivity contribution is 5.98. The van der Waals surface area contributed by atoms with E-state index in [0.29, 0.717) is 25.7 Å². The Balaban J connectivity index is 2.40. The topological polar surface area (TPSA) is 468 Å². The van der Waals surface area contributed by atoms with E-state index in [9.17, 15) is 48.3 Å². The maximum absolute atomic E-state index is 14.1. The number of hydrogen-bond acceptors (Lipinski definition) is 14. The third kappa shape index (κ3) is 18.7. The van der Waals surface area contributed by atoms with E-state index < -0.39 is 115 Å². The van der Waals surface area contributed by atoms with Crippen LogP contribution in [0.4, 0.5) is 0 Å². The number of carbonyl (C=O) groups is 9. The van der Waals surface area contributed by atoms with Crippen molar-refractivity contribution in [2.75, 3.05) is 39.3 Å². The van der Waals surface area contributed by atoms with Gasteiger partial charge in [0.05, 0.1) is 18.6 Å². The second-order valence-corrected chi connectivity index (χ2v) is 15.9. The van der Waals surface area contributed by atoms with Crippen LogP contribution in [0.5, 0.6) is 0 Å². The monoisotopic (exact) mass is 925 g/mol. The van der Waals surface area contributed by atoms with Crippen LogP contribution in [-0.4, -0.2) is 173 Å². The number of carbonyl (C=O) groups excluding carboxylic acids is 8. The van der Waals surface area contributed by atoms with Gasteiger partial charge in [-0.2, -0.15) is 0 Å². The Hall–Kier alpha value is -6.35. The Bertz CT molecular complexity index is 1740. The van der Waals surface area contributed by atoms with Crippen LogP contribution in [0, 0.1) is 0 Å². The van der Waals surface area contributed by atoms with Crippen molar-refractivity contribution in [1.29, 1.82) is 0 Å². The maximum atomic E-state index is 14.1. The van der Waals surface area contributed by atoms with E-state index in [4.69, 9.17) is 45.2 Å². The zero-order valence-electron chi connectivity index (χ0n) is 36.7. The van der Waals surface area contributed by atoms with Gasteiger partial charge in [0.25, 0.3) is 0 Å². The van der Waals surface area contributed by atoms with Crippen molar-refractivity contribution >= 4 is 65.1 Å². The first-order chi connectivity index (χ1) is 30.7. The lowest BCUT2D eigenvalue weighted by molar-refractivity contribution is -0.143. The first-order valence-electron chi connectivity index (χ1n) is 21.5. The molecule has 2 fully saturated rings. The quantitative estimate of drug-likeness (QED) is 0.0197. The van der Waals surface area contributed by atoms with Crippen molar-refractivity contribution in [3.8, 4) is 0 Å². The molecule has 8 amide bonds. The number of carboxylic acids is 1. The molecular weight excluding hydrogens is 857 g/mol. The molecule has 27 nitrogen and oxygen atoms in total. The number of nitrogens with two attached hydrogens (primary N) is 7. The summed E-state index contributed by atoms with van der Waals surface area (Å²) in [6.45, 7) is 1.18. The molecule has 2 saturated heterocycles. The second kappa shape index (κ2) is 27.8. The highest BCUT2D eigenvalue weighted by Gasteiger charge is 2.41. The molecular formula is C38H68N16O11. The predicted molar refractivity (Wildman–Crippen MR) is 234 cm³/mol. The molecule has 0 radical (unpaired) electrons. The largest absolute Gasteiger partial charge is 0.480 e.